The standard InChI is InChI=1S/C23H23FN2O4S/c1-31(27,28)26-17-8-9-23(12-17)11-16-10-15(6-7-20(16)24)19-4-2-3-5-21(19)29-13-18-14-30-22(23)25-18/h2-7,10,14,17,26H,8-9,11-13H2,1H3/t17-,23+/m0/s1. The molecule has 0 saturated heterocycles. The molecule has 2 heterocycles. The number of fused-ring (bicyclic) bond motifs is 7. The van der Waals surface area contributed by atoms with Crippen LogP contribution in [0.3, 0.4) is 0 Å². The van der Waals surface area contributed by atoms with E-state index in [1.165, 1.54) is 6.07 Å². The van der Waals surface area contributed by atoms with Crippen LogP contribution in [0, 0.1) is 5.82 Å². The van der Waals surface area contributed by atoms with Gasteiger partial charge in [0.2, 0.25) is 15.9 Å². The zero-order valence-corrected chi connectivity index (χ0v) is 17.9. The lowest BCUT2D eigenvalue weighted by atomic mass is 9.79. The van der Waals surface area contributed by atoms with E-state index in [-0.39, 0.29) is 18.5 Å². The van der Waals surface area contributed by atoms with Gasteiger partial charge in [0, 0.05) is 11.6 Å². The zero-order valence-electron chi connectivity index (χ0n) is 17.1. The summed E-state index contributed by atoms with van der Waals surface area (Å²) in [5.41, 5.74) is 2.35. The molecule has 2 atom stereocenters. The first-order valence-corrected chi connectivity index (χ1v) is 12.1. The number of benzene rings is 2. The quantitative estimate of drug-likeness (QED) is 0.650. The van der Waals surface area contributed by atoms with Crippen LogP contribution in [-0.2, 0) is 28.5 Å². The minimum absolute atomic E-state index is 0.246. The van der Waals surface area contributed by atoms with Gasteiger partial charge in [0.25, 0.3) is 0 Å². The molecule has 162 valence electrons. The highest BCUT2D eigenvalue weighted by Gasteiger charge is 2.45. The van der Waals surface area contributed by atoms with Crippen molar-refractivity contribution in [2.45, 2.75) is 43.7 Å². The van der Waals surface area contributed by atoms with Crippen molar-refractivity contribution >= 4 is 10.0 Å². The van der Waals surface area contributed by atoms with E-state index in [1.54, 1.807) is 12.3 Å². The molecule has 4 bridgehead atoms. The van der Waals surface area contributed by atoms with Crippen LogP contribution in [0.1, 0.15) is 36.4 Å². The number of aromatic nitrogens is 1. The Morgan fingerprint density at radius 3 is 2.90 bits per heavy atom. The summed E-state index contributed by atoms with van der Waals surface area (Å²) in [6, 6.07) is 12.5. The lowest BCUT2D eigenvalue weighted by Gasteiger charge is -2.27. The molecular weight excluding hydrogens is 419 g/mol. The Labute approximate surface area is 180 Å². The predicted octanol–water partition coefficient (Wildman–Crippen LogP) is 3.96. The third kappa shape index (κ3) is 3.97. The van der Waals surface area contributed by atoms with E-state index in [4.69, 9.17) is 9.15 Å². The number of ether oxygens (including phenoxy) is 1. The third-order valence-corrected chi connectivity index (χ3v) is 6.90. The summed E-state index contributed by atoms with van der Waals surface area (Å²) in [7, 11) is -3.35. The Morgan fingerprint density at radius 1 is 1.23 bits per heavy atom. The Morgan fingerprint density at radius 2 is 2.06 bits per heavy atom. The molecule has 1 fully saturated rings. The molecular formula is C23H23FN2O4S. The second kappa shape index (κ2) is 7.46. The monoisotopic (exact) mass is 442 g/mol. The molecule has 0 radical (unpaired) electrons. The molecule has 6 nitrogen and oxygen atoms in total. The molecule has 31 heavy (non-hydrogen) atoms. The zero-order chi connectivity index (χ0) is 21.6. The van der Waals surface area contributed by atoms with Crippen LogP contribution in [0.25, 0.3) is 11.1 Å². The minimum Gasteiger partial charge on any atom is -0.487 e. The lowest BCUT2D eigenvalue weighted by molar-refractivity contribution is 0.302. The Hall–Kier alpha value is -2.71. The van der Waals surface area contributed by atoms with Gasteiger partial charge in [-0.1, -0.05) is 24.3 Å². The van der Waals surface area contributed by atoms with Crippen molar-refractivity contribution < 1.29 is 22.0 Å². The molecule has 3 aromatic rings. The first-order valence-electron chi connectivity index (χ1n) is 10.2. The summed E-state index contributed by atoms with van der Waals surface area (Å²) in [5.74, 6) is 0.894. The maximum Gasteiger partial charge on any atom is 0.208 e. The van der Waals surface area contributed by atoms with E-state index in [2.05, 4.69) is 9.71 Å². The van der Waals surface area contributed by atoms with Crippen molar-refractivity contribution in [3.63, 3.8) is 0 Å². The first-order chi connectivity index (χ1) is 14.8. The highest BCUT2D eigenvalue weighted by Crippen LogP contribution is 2.45. The van der Waals surface area contributed by atoms with Gasteiger partial charge in [-0.2, -0.15) is 0 Å². The van der Waals surface area contributed by atoms with E-state index in [1.807, 2.05) is 30.3 Å². The number of halogens is 1. The maximum atomic E-state index is 14.9. The van der Waals surface area contributed by atoms with E-state index in [0.717, 1.165) is 17.4 Å². The van der Waals surface area contributed by atoms with Crippen LogP contribution < -0.4 is 9.46 Å². The molecule has 1 saturated carbocycles. The van der Waals surface area contributed by atoms with E-state index < -0.39 is 15.4 Å². The van der Waals surface area contributed by atoms with Gasteiger partial charge in [0.05, 0.1) is 11.7 Å². The van der Waals surface area contributed by atoms with Gasteiger partial charge in [0.15, 0.2) is 0 Å². The minimum atomic E-state index is -3.35. The van der Waals surface area contributed by atoms with Crippen LogP contribution >= 0.6 is 0 Å². The summed E-state index contributed by atoms with van der Waals surface area (Å²) in [6.07, 6.45) is 4.85. The topological polar surface area (TPSA) is 81.4 Å². The first kappa shape index (κ1) is 20.2. The average molecular weight is 443 g/mol. The van der Waals surface area contributed by atoms with Crippen LogP contribution in [0.5, 0.6) is 5.75 Å². The molecule has 1 aromatic heterocycles. The van der Waals surface area contributed by atoms with Crippen LogP contribution in [0.4, 0.5) is 4.39 Å². The van der Waals surface area contributed by atoms with Crippen LogP contribution in [0.15, 0.2) is 53.1 Å². The lowest BCUT2D eigenvalue weighted by Crippen LogP contribution is -2.35. The van der Waals surface area contributed by atoms with Crippen LogP contribution in [0.2, 0.25) is 0 Å². The van der Waals surface area contributed by atoms with Gasteiger partial charge in [-0.25, -0.2) is 22.5 Å². The largest absolute Gasteiger partial charge is 0.487 e. The third-order valence-electron chi connectivity index (χ3n) is 6.14. The Bertz CT molecular complexity index is 1240. The maximum absolute atomic E-state index is 14.9. The van der Waals surface area contributed by atoms with E-state index in [9.17, 15) is 12.8 Å². The van der Waals surface area contributed by atoms with Gasteiger partial charge >= 0.3 is 0 Å². The number of para-hydroxylation sites is 1. The van der Waals surface area contributed by atoms with Crippen molar-refractivity contribution in [1.29, 1.82) is 0 Å². The molecule has 0 unspecified atom stereocenters. The summed E-state index contributed by atoms with van der Waals surface area (Å²) in [5, 5.41) is 0. The number of rotatable bonds is 2. The number of hydrogen-bond acceptors (Lipinski definition) is 5. The molecule has 8 heteroatoms. The fraction of sp³-hybridized carbons (Fsp3) is 0.348. The number of sulfonamides is 1. The van der Waals surface area contributed by atoms with Crippen LogP contribution in [-0.4, -0.2) is 25.7 Å². The highest BCUT2D eigenvalue weighted by atomic mass is 32.2. The molecule has 2 aromatic carbocycles. The van der Waals surface area contributed by atoms with Crippen molar-refractivity contribution in [1.82, 2.24) is 9.71 Å². The van der Waals surface area contributed by atoms with Gasteiger partial charge in [-0.05, 0) is 55.0 Å². The van der Waals surface area contributed by atoms with Crippen molar-refractivity contribution in [3.8, 4) is 16.9 Å². The Balaban J connectivity index is 1.62. The van der Waals surface area contributed by atoms with E-state index in [0.29, 0.717) is 48.6 Å². The van der Waals surface area contributed by atoms with Crippen molar-refractivity contribution in [3.05, 3.63) is 71.7 Å². The second-order valence-electron chi connectivity index (χ2n) is 8.52. The molecule has 0 amide bonds. The normalized spacial score (nSPS) is 23.0. The number of nitrogens with one attached hydrogen (secondary N) is 1. The summed E-state index contributed by atoms with van der Waals surface area (Å²) in [4.78, 5) is 4.66. The van der Waals surface area contributed by atoms with Gasteiger partial charge in [-0.3, -0.25) is 0 Å². The number of hydrogen-bond donors (Lipinski definition) is 1. The number of oxazole rings is 1. The predicted molar refractivity (Wildman–Crippen MR) is 114 cm³/mol. The molecule has 1 N–H and O–H groups in total. The van der Waals surface area contributed by atoms with Gasteiger partial charge in [-0.15, -0.1) is 0 Å². The fourth-order valence-corrected chi connectivity index (χ4v) is 5.61. The second-order valence-corrected chi connectivity index (χ2v) is 10.3. The molecule has 1 spiro atoms. The molecule has 1 aliphatic heterocycles. The van der Waals surface area contributed by atoms with Gasteiger partial charge < -0.3 is 9.15 Å². The summed E-state index contributed by atoms with van der Waals surface area (Å²) in [6.45, 7) is 0.246. The van der Waals surface area contributed by atoms with E-state index >= 15 is 0 Å². The SMILES string of the molecule is CS(=O)(=O)N[C@H]1CC[C@@]2(Cc3cc(ccc3F)-c3ccccc3OCc3coc2n3)C1. The smallest absolute Gasteiger partial charge is 0.208 e. The molecule has 2 aliphatic rings. The summed E-state index contributed by atoms with van der Waals surface area (Å²) < 4.78 is 53.0. The Kier molecular flexibility index (Phi) is 4.86. The van der Waals surface area contributed by atoms with Crippen molar-refractivity contribution in [2.24, 2.45) is 0 Å². The molecule has 1 aliphatic carbocycles. The van der Waals surface area contributed by atoms with Crippen molar-refractivity contribution in [2.75, 3.05) is 6.26 Å². The highest BCUT2D eigenvalue weighted by molar-refractivity contribution is 7.88. The summed E-state index contributed by atoms with van der Waals surface area (Å²) >= 11 is 0. The average Bonchev–Trinajstić information content (AvgIpc) is 3.35. The number of nitrogens with zero attached hydrogens (tertiary/aromatic N) is 1. The molecule has 5 rings (SSSR count). The fourth-order valence-electron chi connectivity index (χ4n) is 4.80. The van der Waals surface area contributed by atoms with Gasteiger partial charge in [0.1, 0.15) is 30.1 Å².